The second-order valence-electron chi connectivity index (χ2n) is 5.41. The maximum Gasteiger partial charge on any atom is 0.237 e. The molecule has 1 aromatic heterocycles. The van der Waals surface area contributed by atoms with E-state index in [1.807, 2.05) is 25.1 Å². The number of aromatic nitrogens is 2. The van der Waals surface area contributed by atoms with Crippen LogP contribution in [0.2, 0.25) is 0 Å². The van der Waals surface area contributed by atoms with Crippen LogP contribution in [0.3, 0.4) is 0 Å². The Morgan fingerprint density at radius 2 is 1.92 bits per heavy atom. The molecule has 0 aliphatic rings. The molecule has 0 fully saturated rings. The Balaban J connectivity index is 2.01. The Kier molecular flexibility index (Phi) is 7.58. The molecule has 0 radical (unpaired) electrons. The molecule has 1 heterocycles. The van der Waals surface area contributed by atoms with Crippen molar-refractivity contribution in [1.29, 1.82) is 0 Å². The molecule has 2 rings (SSSR count). The van der Waals surface area contributed by atoms with Crippen LogP contribution in [0.25, 0.3) is 0 Å². The number of hydrogen-bond acceptors (Lipinski definition) is 6. The number of para-hydroxylation sites is 1. The molecule has 24 heavy (non-hydrogen) atoms. The first kappa shape index (κ1) is 19.3. The number of hydrogen-bond donors (Lipinski definition) is 1. The summed E-state index contributed by atoms with van der Waals surface area (Å²) in [6, 6.07) is 8.03. The largest absolute Gasteiger partial charge is 0.325 e. The number of rotatable bonds is 8. The molecule has 130 valence electrons. The summed E-state index contributed by atoms with van der Waals surface area (Å²) < 4.78 is 1.79. The number of carbonyl (C=O) groups excluding carboxylic acids is 1. The average Bonchev–Trinajstić information content (AvgIpc) is 3.02. The topological polar surface area (TPSA) is 54.9 Å². The smallest absolute Gasteiger partial charge is 0.237 e. The lowest BCUT2D eigenvalue weighted by molar-refractivity contribution is -0.115. The molecule has 0 bridgehead atoms. The van der Waals surface area contributed by atoms with Gasteiger partial charge in [0.15, 0.2) is 8.68 Å². The summed E-state index contributed by atoms with van der Waals surface area (Å²) in [5.41, 5.74) is 2.09. The summed E-state index contributed by atoms with van der Waals surface area (Å²) in [6.45, 7) is 8.32. The fourth-order valence-corrected chi connectivity index (χ4v) is 5.19. The van der Waals surface area contributed by atoms with Gasteiger partial charge in [-0.2, -0.15) is 0 Å². The van der Waals surface area contributed by atoms with Crippen molar-refractivity contribution in [3.63, 3.8) is 0 Å². The van der Waals surface area contributed by atoms with E-state index in [-0.39, 0.29) is 11.2 Å². The van der Waals surface area contributed by atoms with Crippen LogP contribution in [0.15, 0.2) is 32.9 Å². The highest BCUT2D eigenvalue weighted by atomic mass is 32.2. The molecule has 0 spiro atoms. The van der Waals surface area contributed by atoms with Gasteiger partial charge in [-0.15, -0.1) is 10.2 Å². The van der Waals surface area contributed by atoms with Gasteiger partial charge in [0.05, 0.1) is 5.25 Å². The second kappa shape index (κ2) is 9.44. The minimum absolute atomic E-state index is 0.00403. The van der Waals surface area contributed by atoms with E-state index in [9.17, 15) is 4.79 Å². The molecular weight excluding hydrogens is 358 g/mol. The van der Waals surface area contributed by atoms with Crippen molar-refractivity contribution in [1.82, 2.24) is 10.2 Å². The Morgan fingerprint density at radius 1 is 1.21 bits per heavy atom. The van der Waals surface area contributed by atoms with Crippen LogP contribution in [0.1, 0.15) is 45.6 Å². The number of nitrogens with one attached hydrogen (secondary N) is 1. The van der Waals surface area contributed by atoms with Crippen LogP contribution in [-0.2, 0) is 4.79 Å². The predicted octanol–water partition coefficient (Wildman–Crippen LogP) is 5.28. The molecule has 2 aromatic rings. The third-order valence-electron chi connectivity index (χ3n) is 3.66. The number of amides is 1. The van der Waals surface area contributed by atoms with Gasteiger partial charge in [0.25, 0.3) is 0 Å². The number of carbonyl (C=O) groups is 1. The van der Waals surface area contributed by atoms with E-state index in [1.54, 1.807) is 23.1 Å². The standard InChI is InChI=1S/C17H23N3OS3/c1-5-11(3)13-9-7-8-10-14(13)18-15(21)12(4)23-17-20-19-16(24-17)22-6-2/h7-12H,5-6H2,1-4H3,(H,18,21). The van der Waals surface area contributed by atoms with Crippen molar-refractivity contribution >= 4 is 46.5 Å². The van der Waals surface area contributed by atoms with Crippen LogP contribution in [0, 0.1) is 0 Å². The van der Waals surface area contributed by atoms with Crippen LogP contribution >= 0.6 is 34.9 Å². The minimum atomic E-state index is -0.220. The lowest BCUT2D eigenvalue weighted by Crippen LogP contribution is -2.23. The number of nitrogens with zero attached hydrogens (tertiary/aromatic N) is 2. The monoisotopic (exact) mass is 381 g/mol. The van der Waals surface area contributed by atoms with Crippen molar-refractivity contribution in [3.05, 3.63) is 29.8 Å². The Hall–Kier alpha value is -1.05. The van der Waals surface area contributed by atoms with Gasteiger partial charge >= 0.3 is 0 Å². The van der Waals surface area contributed by atoms with E-state index in [1.165, 1.54) is 17.3 Å². The highest BCUT2D eigenvalue weighted by Gasteiger charge is 2.19. The van der Waals surface area contributed by atoms with Gasteiger partial charge < -0.3 is 5.32 Å². The Bertz CT molecular complexity index is 675. The molecule has 4 nitrogen and oxygen atoms in total. The molecule has 2 unspecified atom stereocenters. The fraction of sp³-hybridized carbons (Fsp3) is 0.471. The maximum absolute atomic E-state index is 12.5. The predicted molar refractivity (Wildman–Crippen MR) is 105 cm³/mol. The van der Waals surface area contributed by atoms with E-state index in [2.05, 4.69) is 42.4 Å². The van der Waals surface area contributed by atoms with Crippen LogP contribution in [0.5, 0.6) is 0 Å². The second-order valence-corrected chi connectivity index (χ2v) is 9.49. The van der Waals surface area contributed by atoms with Gasteiger partial charge in [-0.3, -0.25) is 4.79 Å². The van der Waals surface area contributed by atoms with Gasteiger partial charge in [-0.05, 0) is 36.6 Å². The van der Waals surface area contributed by atoms with Gasteiger partial charge in [-0.1, -0.05) is 73.8 Å². The zero-order valence-corrected chi connectivity index (χ0v) is 16.9. The Labute approximate surface area is 156 Å². The summed E-state index contributed by atoms with van der Waals surface area (Å²) in [5, 5.41) is 11.1. The molecule has 7 heteroatoms. The van der Waals surface area contributed by atoms with Gasteiger partial charge in [0.1, 0.15) is 0 Å². The first-order valence-electron chi connectivity index (χ1n) is 8.07. The van der Waals surface area contributed by atoms with Crippen molar-refractivity contribution in [3.8, 4) is 0 Å². The first-order chi connectivity index (χ1) is 11.5. The van der Waals surface area contributed by atoms with E-state index in [4.69, 9.17) is 0 Å². The van der Waals surface area contributed by atoms with E-state index < -0.39 is 0 Å². The van der Waals surface area contributed by atoms with Crippen molar-refractivity contribution in [2.45, 2.75) is 54.0 Å². The molecule has 0 aliphatic heterocycles. The summed E-state index contributed by atoms with van der Waals surface area (Å²) in [5.74, 6) is 1.39. The van der Waals surface area contributed by atoms with Gasteiger partial charge in [-0.25, -0.2) is 0 Å². The van der Waals surface area contributed by atoms with E-state index in [0.29, 0.717) is 5.92 Å². The minimum Gasteiger partial charge on any atom is -0.325 e. The number of benzene rings is 1. The molecule has 1 N–H and O–H groups in total. The fourth-order valence-electron chi connectivity index (χ4n) is 2.13. The highest BCUT2D eigenvalue weighted by Crippen LogP contribution is 2.32. The molecule has 1 aromatic carbocycles. The van der Waals surface area contributed by atoms with Crippen molar-refractivity contribution in [2.75, 3.05) is 11.1 Å². The van der Waals surface area contributed by atoms with Crippen LogP contribution in [-0.4, -0.2) is 27.1 Å². The summed E-state index contributed by atoms with van der Waals surface area (Å²) in [6.07, 6.45) is 1.04. The average molecular weight is 382 g/mol. The molecule has 1 amide bonds. The molecule has 2 atom stereocenters. The summed E-state index contributed by atoms with van der Waals surface area (Å²) in [7, 11) is 0. The quantitative estimate of drug-likeness (QED) is 0.630. The van der Waals surface area contributed by atoms with Crippen molar-refractivity contribution in [2.24, 2.45) is 0 Å². The normalized spacial score (nSPS) is 13.5. The van der Waals surface area contributed by atoms with E-state index >= 15 is 0 Å². The van der Waals surface area contributed by atoms with E-state index in [0.717, 1.165) is 26.5 Å². The van der Waals surface area contributed by atoms with Crippen LogP contribution in [0.4, 0.5) is 5.69 Å². The SMILES string of the molecule is CCSc1nnc(SC(C)C(=O)Nc2ccccc2C(C)CC)s1. The molecule has 0 saturated carbocycles. The number of anilines is 1. The zero-order valence-electron chi connectivity index (χ0n) is 14.4. The highest BCUT2D eigenvalue weighted by molar-refractivity contribution is 8.03. The zero-order chi connectivity index (χ0) is 17.5. The lowest BCUT2D eigenvalue weighted by Gasteiger charge is -2.17. The third-order valence-corrected chi connectivity index (χ3v) is 6.79. The summed E-state index contributed by atoms with van der Waals surface area (Å²) in [4.78, 5) is 12.5. The van der Waals surface area contributed by atoms with Crippen LogP contribution < -0.4 is 5.32 Å². The summed E-state index contributed by atoms with van der Waals surface area (Å²) >= 11 is 4.67. The maximum atomic E-state index is 12.5. The molecule has 0 aliphatic carbocycles. The van der Waals surface area contributed by atoms with Gasteiger partial charge in [0.2, 0.25) is 5.91 Å². The molecular formula is C17H23N3OS3. The van der Waals surface area contributed by atoms with Gasteiger partial charge in [0, 0.05) is 5.69 Å². The number of thioether (sulfide) groups is 2. The first-order valence-corrected chi connectivity index (χ1v) is 10.8. The lowest BCUT2D eigenvalue weighted by atomic mass is 9.97. The third kappa shape index (κ3) is 5.22. The van der Waals surface area contributed by atoms with Crippen molar-refractivity contribution < 1.29 is 4.79 Å². The Morgan fingerprint density at radius 3 is 2.62 bits per heavy atom. The molecule has 0 saturated heterocycles.